The Balaban J connectivity index is 1.24. The van der Waals surface area contributed by atoms with Crippen LogP contribution < -0.4 is 10.9 Å². The van der Waals surface area contributed by atoms with Gasteiger partial charge in [0.05, 0.1) is 22.4 Å². The number of hydrogen-bond acceptors (Lipinski definition) is 4. The maximum absolute atomic E-state index is 6.38. The van der Waals surface area contributed by atoms with Crippen molar-refractivity contribution in [3.63, 3.8) is 0 Å². The van der Waals surface area contributed by atoms with E-state index in [-0.39, 0.29) is 42.1 Å². The summed E-state index contributed by atoms with van der Waals surface area (Å²) in [7, 11) is -0.719. The maximum Gasteiger partial charge on any atom is 0.494 e. The van der Waals surface area contributed by atoms with E-state index in [1.165, 1.54) is 109 Å². The second-order valence-corrected chi connectivity index (χ2v) is 18.6. The number of unbranched alkanes of at least 4 members (excludes halogenated alkanes) is 6. The molecule has 3 aliphatic rings. The second-order valence-electron chi connectivity index (χ2n) is 18.6. The fourth-order valence-corrected chi connectivity index (χ4v) is 8.85. The number of rotatable bonds is 14. The SMILES string of the molecule is CCCCCCC1(CCCCCC)c2cc(-c3ccc(B4OC(C)(C)C(C)(C)O4)cc3)ccc2-c2ccc(-c3ccc(B4OC(C)(C)C(C)(C)O4)cc3)cc21. The maximum atomic E-state index is 6.38. The minimum Gasteiger partial charge on any atom is -0.399 e. The fourth-order valence-electron chi connectivity index (χ4n) is 8.85. The van der Waals surface area contributed by atoms with Gasteiger partial charge in [0.15, 0.2) is 0 Å². The van der Waals surface area contributed by atoms with Gasteiger partial charge >= 0.3 is 14.2 Å². The van der Waals surface area contributed by atoms with Crippen LogP contribution in [0.1, 0.15) is 145 Å². The molecular formula is C49H64B2O4. The molecule has 2 fully saturated rings. The topological polar surface area (TPSA) is 36.9 Å². The molecule has 2 heterocycles. The Bertz CT molecular complexity index is 1790. The Morgan fingerprint density at radius 3 is 1.05 bits per heavy atom. The number of fused-ring (bicyclic) bond motifs is 3. The molecule has 290 valence electrons. The van der Waals surface area contributed by atoms with Crippen LogP contribution in [-0.4, -0.2) is 36.6 Å². The zero-order chi connectivity index (χ0) is 39.2. The van der Waals surface area contributed by atoms with Crippen LogP contribution in [-0.2, 0) is 24.0 Å². The predicted molar refractivity (Wildman–Crippen MR) is 232 cm³/mol. The highest BCUT2D eigenvalue weighted by Crippen LogP contribution is 2.56. The van der Waals surface area contributed by atoms with Crippen LogP contribution in [0.5, 0.6) is 0 Å². The van der Waals surface area contributed by atoms with E-state index in [4.69, 9.17) is 18.6 Å². The molecule has 0 radical (unpaired) electrons. The normalized spacial score (nSPS) is 19.8. The van der Waals surface area contributed by atoms with Gasteiger partial charge in [-0.1, -0.05) is 138 Å². The van der Waals surface area contributed by atoms with Gasteiger partial charge in [0.1, 0.15) is 0 Å². The Morgan fingerprint density at radius 2 is 0.727 bits per heavy atom. The third kappa shape index (κ3) is 7.54. The number of hydrogen-bond donors (Lipinski definition) is 0. The molecule has 0 atom stereocenters. The summed E-state index contributed by atoms with van der Waals surface area (Å²) in [4.78, 5) is 0. The van der Waals surface area contributed by atoms with Gasteiger partial charge in [-0.05, 0) is 136 Å². The van der Waals surface area contributed by atoms with E-state index < -0.39 is 0 Å². The van der Waals surface area contributed by atoms with E-state index >= 15 is 0 Å². The molecule has 0 amide bonds. The average molecular weight is 739 g/mol. The van der Waals surface area contributed by atoms with E-state index in [9.17, 15) is 0 Å². The lowest BCUT2D eigenvalue weighted by atomic mass is 9.70. The van der Waals surface area contributed by atoms with E-state index in [0.29, 0.717) is 0 Å². The monoisotopic (exact) mass is 738 g/mol. The summed E-state index contributed by atoms with van der Waals surface area (Å²) >= 11 is 0. The first kappa shape index (κ1) is 40.1. The zero-order valence-electron chi connectivity index (χ0n) is 35.4. The van der Waals surface area contributed by atoms with Gasteiger partial charge in [-0.2, -0.15) is 0 Å². The molecule has 55 heavy (non-hydrogen) atoms. The summed E-state index contributed by atoms with van der Waals surface area (Å²) in [5.41, 5.74) is 11.5. The van der Waals surface area contributed by atoms with Crippen LogP contribution in [0.3, 0.4) is 0 Å². The Morgan fingerprint density at radius 1 is 0.400 bits per heavy atom. The van der Waals surface area contributed by atoms with Crippen LogP contribution in [0.15, 0.2) is 84.9 Å². The van der Waals surface area contributed by atoms with Crippen molar-refractivity contribution in [2.75, 3.05) is 0 Å². The van der Waals surface area contributed by atoms with Crippen molar-refractivity contribution in [2.24, 2.45) is 0 Å². The standard InChI is InChI=1S/C49H64B2O4/c1-11-13-15-17-31-49(32-18-16-14-12-2)43-33-37(35-19-25-39(26-20-35)50-52-45(3,4)46(5,6)53-50)23-29-41(43)42-30-24-38(34-44(42)49)36-21-27-40(28-22-36)51-54-47(7,8)48(9,10)55-51/h19-30,33-34H,11-18,31-32H2,1-10H3. The summed E-state index contributed by atoms with van der Waals surface area (Å²) in [6.07, 6.45) is 12.4. The van der Waals surface area contributed by atoms with Gasteiger partial charge in [0.2, 0.25) is 0 Å². The summed E-state index contributed by atoms with van der Waals surface area (Å²) < 4.78 is 25.5. The van der Waals surface area contributed by atoms with Crippen LogP contribution in [0.25, 0.3) is 33.4 Å². The predicted octanol–water partition coefficient (Wildman–Crippen LogP) is 11.8. The van der Waals surface area contributed by atoms with Crippen LogP contribution in [0.4, 0.5) is 0 Å². The third-order valence-electron chi connectivity index (χ3n) is 13.8. The van der Waals surface area contributed by atoms with E-state index in [2.05, 4.69) is 154 Å². The molecule has 2 aliphatic heterocycles. The summed E-state index contributed by atoms with van der Waals surface area (Å²) in [6.45, 7) is 21.5. The molecule has 0 aromatic heterocycles. The van der Waals surface area contributed by atoms with Crippen LogP contribution in [0.2, 0.25) is 0 Å². The molecule has 7 rings (SSSR count). The summed E-state index contributed by atoms with van der Waals surface area (Å²) in [6, 6.07) is 32.3. The van der Waals surface area contributed by atoms with Gasteiger partial charge in [0.25, 0.3) is 0 Å². The zero-order valence-corrected chi connectivity index (χ0v) is 35.4. The van der Waals surface area contributed by atoms with Gasteiger partial charge in [0, 0.05) is 5.41 Å². The highest BCUT2D eigenvalue weighted by Gasteiger charge is 2.53. The van der Waals surface area contributed by atoms with Gasteiger partial charge in [-0.25, -0.2) is 0 Å². The first-order chi connectivity index (χ1) is 26.1. The molecule has 0 bridgehead atoms. The third-order valence-corrected chi connectivity index (χ3v) is 13.8. The molecule has 4 aromatic rings. The largest absolute Gasteiger partial charge is 0.494 e. The molecule has 4 aromatic carbocycles. The first-order valence-corrected chi connectivity index (χ1v) is 21.3. The number of benzene rings is 4. The molecule has 0 unspecified atom stereocenters. The summed E-state index contributed by atoms with van der Waals surface area (Å²) in [5, 5.41) is 0. The van der Waals surface area contributed by atoms with Crippen molar-refractivity contribution in [2.45, 2.75) is 161 Å². The Hall–Kier alpha value is -3.15. The van der Waals surface area contributed by atoms with Crippen LogP contribution >= 0.6 is 0 Å². The van der Waals surface area contributed by atoms with E-state index in [0.717, 1.165) is 10.9 Å². The fraction of sp³-hybridized carbons (Fsp3) is 0.510. The molecule has 4 nitrogen and oxygen atoms in total. The molecule has 0 spiro atoms. The first-order valence-electron chi connectivity index (χ1n) is 21.3. The van der Waals surface area contributed by atoms with Gasteiger partial charge in [-0.15, -0.1) is 0 Å². The smallest absolute Gasteiger partial charge is 0.399 e. The van der Waals surface area contributed by atoms with Crippen molar-refractivity contribution < 1.29 is 18.6 Å². The average Bonchev–Trinajstić information content (AvgIpc) is 3.65. The van der Waals surface area contributed by atoms with E-state index in [1.807, 2.05) is 0 Å². The lowest BCUT2D eigenvalue weighted by molar-refractivity contribution is 0.00578. The van der Waals surface area contributed by atoms with Crippen molar-refractivity contribution in [1.29, 1.82) is 0 Å². The van der Waals surface area contributed by atoms with Crippen LogP contribution in [0, 0.1) is 0 Å². The minimum atomic E-state index is -0.361. The second kappa shape index (κ2) is 15.3. The lowest BCUT2D eigenvalue weighted by Gasteiger charge is -2.33. The van der Waals surface area contributed by atoms with Crippen molar-refractivity contribution in [1.82, 2.24) is 0 Å². The van der Waals surface area contributed by atoms with Crippen molar-refractivity contribution in [3.8, 4) is 33.4 Å². The minimum absolute atomic E-state index is 0.0244. The van der Waals surface area contributed by atoms with Gasteiger partial charge < -0.3 is 18.6 Å². The lowest BCUT2D eigenvalue weighted by Crippen LogP contribution is -2.41. The molecule has 6 heteroatoms. The highest BCUT2D eigenvalue weighted by molar-refractivity contribution is 6.62. The van der Waals surface area contributed by atoms with Crippen molar-refractivity contribution in [3.05, 3.63) is 96.1 Å². The highest BCUT2D eigenvalue weighted by atomic mass is 16.7. The molecular weight excluding hydrogens is 674 g/mol. The molecule has 0 saturated carbocycles. The quantitative estimate of drug-likeness (QED) is 0.0954. The summed E-state index contributed by atoms with van der Waals surface area (Å²) in [5.74, 6) is 0. The molecule has 2 saturated heterocycles. The Kier molecular flexibility index (Phi) is 11.2. The van der Waals surface area contributed by atoms with Crippen molar-refractivity contribution >= 4 is 25.2 Å². The Labute approximate surface area is 333 Å². The molecule has 0 N–H and O–H groups in total. The molecule has 1 aliphatic carbocycles. The van der Waals surface area contributed by atoms with Gasteiger partial charge in [-0.3, -0.25) is 0 Å². The van der Waals surface area contributed by atoms with E-state index in [1.54, 1.807) is 0 Å².